The Morgan fingerprint density at radius 3 is 2.95 bits per heavy atom. The third-order valence-electron chi connectivity index (χ3n) is 2.95. The molecule has 6 nitrogen and oxygen atoms in total. The second-order valence-electron chi connectivity index (χ2n) is 4.44. The highest BCUT2D eigenvalue weighted by Crippen LogP contribution is 2.31. The molecule has 1 amide bonds. The largest absolute Gasteiger partial charge is 0.352 e. The quantitative estimate of drug-likeness (QED) is 0.657. The molecule has 114 valence electrons. The van der Waals surface area contributed by atoms with Gasteiger partial charge in [-0.25, -0.2) is 0 Å². The smallest absolute Gasteiger partial charge is 0.304 e. The normalized spacial score (nSPS) is 10.8. The Balaban J connectivity index is 1.65. The standard InChI is InChI=1S/C13H11ClN4O2S2/c14-10-2-1-9(22-10)11-8(5-16-18-11)12(19)15-4-3-7-6-21-13(20)17-7/h1-2,5-6H,3-4H2,(H,15,19)(H,16,18)(H,17,20). The summed E-state index contributed by atoms with van der Waals surface area (Å²) >= 11 is 8.41. The molecule has 0 bridgehead atoms. The lowest BCUT2D eigenvalue weighted by atomic mass is 10.2. The highest BCUT2D eigenvalue weighted by atomic mass is 35.5. The molecule has 0 aliphatic carbocycles. The molecule has 3 heterocycles. The van der Waals surface area contributed by atoms with Crippen LogP contribution in [0.2, 0.25) is 4.34 Å². The van der Waals surface area contributed by atoms with Crippen LogP contribution in [-0.2, 0) is 6.42 Å². The number of aromatic amines is 2. The van der Waals surface area contributed by atoms with Gasteiger partial charge in [0.15, 0.2) is 0 Å². The molecule has 9 heteroatoms. The van der Waals surface area contributed by atoms with Crippen LogP contribution >= 0.6 is 34.3 Å². The van der Waals surface area contributed by atoms with E-state index in [2.05, 4.69) is 20.5 Å². The molecule has 22 heavy (non-hydrogen) atoms. The number of hydrogen-bond acceptors (Lipinski definition) is 5. The summed E-state index contributed by atoms with van der Waals surface area (Å²) in [6.07, 6.45) is 2.06. The maximum atomic E-state index is 12.2. The fourth-order valence-electron chi connectivity index (χ4n) is 1.94. The number of amides is 1. The van der Waals surface area contributed by atoms with E-state index >= 15 is 0 Å². The van der Waals surface area contributed by atoms with E-state index in [4.69, 9.17) is 11.6 Å². The number of aromatic nitrogens is 3. The molecular weight excluding hydrogens is 344 g/mol. The minimum absolute atomic E-state index is 0.0898. The van der Waals surface area contributed by atoms with Crippen molar-refractivity contribution in [1.29, 1.82) is 0 Å². The van der Waals surface area contributed by atoms with Gasteiger partial charge in [0.2, 0.25) is 0 Å². The van der Waals surface area contributed by atoms with Gasteiger partial charge < -0.3 is 10.3 Å². The van der Waals surface area contributed by atoms with Crippen molar-refractivity contribution < 1.29 is 4.79 Å². The van der Waals surface area contributed by atoms with Crippen molar-refractivity contribution in [2.45, 2.75) is 6.42 Å². The Kier molecular flexibility index (Phi) is 4.41. The molecule has 0 aliphatic rings. The van der Waals surface area contributed by atoms with Gasteiger partial charge in [0, 0.05) is 24.0 Å². The number of rotatable bonds is 5. The number of nitrogens with zero attached hydrogens (tertiary/aromatic N) is 1. The molecule has 0 radical (unpaired) electrons. The Morgan fingerprint density at radius 1 is 1.41 bits per heavy atom. The van der Waals surface area contributed by atoms with Crippen molar-refractivity contribution >= 4 is 40.2 Å². The number of hydrogen-bond donors (Lipinski definition) is 3. The minimum atomic E-state index is -0.217. The Bertz CT molecular complexity index is 848. The zero-order valence-electron chi connectivity index (χ0n) is 11.2. The van der Waals surface area contributed by atoms with Crippen LogP contribution in [-0.4, -0.2) is 27.6 Å². The van der Waals surface area contributed by atoms with Gasteiger partial charge in [0.25, 0.3) is 5.91 Å². The fourth-order valence-corrected chi connectivity index (χ4v) is 3.61. The molecule has 3 N–H and O–H groups in total. The molecule has 0 saturated carbocycles. The lowest BCUT2D eigenvalue weighted by Crippen LogP contribution is -2.26. The lowest BCUT2D eigenvalue weighted by Gasteiger charge is -2.04. The number of thiazole rings is 1. The summed E-state index contributed by atoms with van der Waals surface area (Å²) in [4.78, 5) is 26.7. The number of carbonyl (C=O) groups excluding carboxylic acids is 1. The van der Waals surface area contributed by atoms with Crippen LogP contribution in [0.5, 0.6) is 0 Å². The second kappa shape index (κ2) is 6.47. The second-order valence-corrected chi connectivity index (χ2v) is 7.00. The summed E-state index contributed by atoms with van der Waals surface area (Å²) < 4.78 is 0.650. The fraction of sp³-hybridized carbons (Fsp3) is 0.154. The molecule has 0 aromatic carbocycles. The van der Waals surface area contributed by atoms with Crippen LogP contribution in [0.25, 0.3) is 10.6 Å². The molecule has 0 atom stereocenters. The van der Waals surface area contributed by atoms with Crippen LogP contribution in [0.4, 0.5) is 0 Å². The van der Waals surface area contributed by atoms with E-state index in [1.54, 1.807) is 11.4 Å². The summed E-state index contributed by atoms with van der Waals surface area (Å²) in [7, 11) is 0. The number of thiophene rings is 1. The average Bonchev–Trinajstić information content (AvgIpc) is 3.19. The maximum absolute atomic E-state index is 12.2. The highest BCUT2D eigenvalue weighted by molar-refractivity contribution is 7.19. The molecule has 0 saturated heterocycles. The van der Waals surface area contributed by atoms with Crippen molar-refractivity contribution in [3.63, 3.8) is 0 Å². The first kappa shape index (κ1) is 15.0. The van der Waals surface area contributed by atoms with E-state index in [1.807, 2.05) is 6.07 Å². The van der Waals surface area contributed by atoms with Gasteiger partial charge in [-0.1, -0.05) is 22.9 Å². The van der Waals surface area contributed by atoms with Gasteiger partial charge in [-0.05, 0) is 12.1 Å². The van der Waals surface area contributed by atoms with Gasteiger partial charge in [0.1, 0.15) is 0 Å². The van der Waals surface area contributed by atoms with Crippen LogP contribution in [0, 0.1) is 0 Å². The van der Waals surface area contributed by atoms with Crippen LogP contribution < -0.4 is 10.2 Å². The first-order valence-electron chi connectivity index (χ1n) is 6.37. The van der Waals surface area contributed by atoms with E-state index < -0.39 is 0 Å². The predicted octanol–water partition coefficient (Wildman–Crippen LogP) is 2.51. The first-order valence-corrected chi connectivity index (χ1v) is 8.45. The van der Waals surface area contributed by atoms with Gasteiger partial charge in [-0.15, -0.1) is 11.3 Å². The summed E-state index contributed by atoms with van der Waals surface area (Å²) in [6, 6.07) is 3.62. The van der Waals surface area contributed by atoms with Crippen molar-refractivity contribution in [2.75, 3.05) is 6.54 Å². The van der Waals surface area contributed by atoms with E-state index in [1.165, 1.54) is 17.5 Å². The number of nitrogens with one attached hydrogen (secondary N) is 3. The first-order chi connectivity index (χ1) is 10.6. The van der Waals surface area contributed by atoms with E-state index in [9.17, 15) is 9.59 Å². The van der Waals surface area contributed by atoms with Crippen molar-refractivity contribution in [2.24, 2.45) is 0 Å². The Hall–Kier alpha value is -1.90. The molecule has 3 aromatic heterocycles. The molecule has 0 unspecified atom stereocenters. The zero-order valence-corrected chi connectivity index (χ0v) is 13.6. The Morgan fingerprint density at radius 2 is 2.27 bits per heavy atom. The summed E-state index contributed by atoms with van der Waals surface area (Å²) in [5.41, 5.74) is 1.93. The lowest BCUT2D eigenvalue weighted by molar-refractivity contribution is 0.0955. The third-order valence-corrected chi connectivity index (χ3v) is 4.92. The van der Waals surface area contributed by atoms with E-state index in [0.29, 0.717) is 28.6 Å². The maximum Gasteiger partial charge on any atom is 0.304 e. The van der Waals surface area contributed by atoms with Crippen molar-refractivity contribution in [3.05, 3.63) is 49.0 Å². The number of carbonyl (C=O) groups is 1. The topological polar surface area (TPSA) is 90.6 Å². The zero-order chi connectivity index (χ0) is 15.5. The van der Waals surface area contributed by atoms with Crippen molar-refractivity contribution in [1.82, 2.24) is 20.5 Å². The van der Waals surface area contributed by atoms with Gasteiger partial charge in [0.05, 0.1) is 26.7 Å². The summed E-state index contributed by atoms with van der Waals surface area (Å²) in [5.74, 6) is -0.217. The number of halogens is 1. The monoisotopic (exact) mass is 354 g/mol. The van der Waals surface area contributed by atoms with Crippen LogP contribution in [0.3, 0.4) is 0 Å². The molecular formula is C13H11ClN4O2S2. The Labute approximate surface area is 138 Å². The SMILES string of the molecule is O=C(NCCc1csc(=O)[nH]1)c1cn[nH]c1-c1ccc(Cl)s1. The van der Waals surface area contributed by atoms with E-state index in [0.717, 1.165) is 21.9 Å². The highest BCUT2D eigenvalue weighted by Gasteiger charge is 2.16. The minimum Gasteiger partial charge on any atom is -0.352 e. The molecule has 0 fully saturated rings. The third kappa shape index (κ3) is 3.29. The summed E-state index contributed by atoms with van der Waals surface area (Å²) in [6.45, 7) is 0.432. The molecule has 3 rings (SSSR count). The molecule has 0 aliphatic heterocycles. The van der Waals surface area contributed by atoms with Gasteiger partial charge >= 0.3 is 4.87 Å². The average molecular weight is 355 g/mol. The number of H-pyrrole nitrogens is 2. The predicted molar refractivity (Wildman–Crippen MR) is 87.9 cm³/mol. The van der Waals surface area contributed by atoms with Crippen LogP contribution in [0.1, 0.15) is 16.1 Å². The molecule has 3 aromatic rings. The van der Waals surface area contributed by atoms with Gasteiger partial charge in [-0.2, -0.15) is 5.10 Å². The van der Waals surface area contributed by atoms with Crippen molar-refractivity contribution in [3.8, 4) is 10.6 Å². The van der Waals surface area contributed by atoms with Crippen LogP contribution in [0.15, 0.2) is 28.5 Å². The molecule has 0 spiro atoms. The van der Waals surface area contributed by atoms with Gasteiger partial charge in [-0.3, -0.25) is 14.7 Å². The summed E-state index contributed by atoms with van der Waals surface area (Å²) in [5, 5.41) is 11.3. The van der Waals surface area contributed by atoms with E-state index in [-0.39, 0.29) is 10.8 Å².